The largest absolute Gasteiger partial charge is 0.488 e. The van der Waals surface area contributed by atoms with Gasteiger partial charge in [0.25, 0.3) is 5.91 Å². The number of rotatable bonds is 9. The summed E-state index contributed by atoms with van der Waals surface area (Å²) in [7, 11) is 5.98. The molecular formula is C33H43N5O4. The summed E-state index contributed by atoms with van der Waals surface area (Å²) in [5.41, 5.74) is 10.5. The average molecular weight is 574 g/mol. The number of hydrogen-bond donors (Lipinski definition) is 3. The number of nitrogens with two attached hydrogens (primary N) is 1. The molecule has 3 aromatic rings. The lowest BCUT2D eigenvalue weighted by molar-refractivity contribution is -0.134. The van der Waals surface area contributed by atoms with Crippen molar-refractivity contribution in [2.75, 3.05) is 56.8 Å². The van der Waals surface area contributed by atoms with E-state index in [1.54, 1.807) is 17.0 Å². The lowest BCUT2D eigenvalue weighted by Crippen LogP contribution is -2.47. The molecule has 224 valence electrons. The molecule has 4 rings (SSSR count). The van der Waals surface area contributed by atoms with Gasteiger partial charge in [-0.1, -0.05) is 31.2 Å². The van der Waals surface area contributed by atoms with Crippen molar-refractivity contribution in [3.8, 4) is 5.75 Å². The molecule has 0 aromatic heterocycles. The van der Waals surface area contributed by atoms with E-state index < -0.39 is 0 Å². The van der Waals surface area contributed by atoms with Crippen LogP contribution in [-0.2, 0) is 17.8 Å². The Morgan fingerprint density at radius 1 is 1.12 bits per heavy atom. The maximum atomic E-state index is 13.4. The molecule has 0 spiro atoms. The third-order valence-corrected chi connectivity index (χ3v) is 7.79. The number of nitrogen functional groups attached to an aromatic ring is 1. The maximum Gasteiger partial charge on any atom is 0.255 e. The highest BCUT2D eigenvalue weighted by Gasteiger charge is 2.31. The van der Waals surface area contributed by atoms with E-state index in [1.807, 2.05) is 87.6 Å². The molecule has 1 aliphatic rings. The zero-order chi connectivity index (χ0) is 30.4. The Hall–Kier alpha value is -4.08. The number of para-hydroxylation sites is 2. The topological polar surface area (TPSA) is 111 Å². The molecule has 9 nitrogen and oxygen atoms in total. The van der Waals surface area contributed by atoms with Crippen LogP contribution in [0.5, 0.6) is 5.75 Å². The minimum absolute atomic E-state index is 0.0152. The SMILES string of the molecule is C[C@H]1CN([C@@H](C)CO)C(=O)Cc2cc(N(C)C)ccc2O[C@@H]1CN(C)Cc1ccc(C(=O)Nc2ccccc2N)cc1. The van der Waals surface area contributed by atoms with Crippen LogP contribution in [0.2, 0.25) is 0 Å². The fourth-order valence-electron chi connectivity index (χ4n) is 5.16. The van der Waals surface area contributed by atoms with Gasteiger partial charge >= 0.3 is 0 Å². The molecule has 3 aromatic carbocycles. The lowest BCUT2D eigenvalue weighted by Gasteiger charge is -2.34. The van der Waals surface area contributed by atoms with Gasteiger partial charge in [0.2, 0.25) is 5.91 Å². The Balaban J connectivity index is 1.48. The number of anilines is 3. The summed E-state index contributed by atoms with van der Waals surface area (Å²) in [5.74, 6) is 0.499. The molecule has 0 radical (unpaired) electrons. The van der Waals surface area contributed by atoms with Crippen molar-refractivity contribution in [2.24, 2.45) is 5.92 Å². The summed E-state index contributed by atoms with van der Waals surface area (Å²) in [6.07, 6.45) is 0.0209. The van der Waals surface area contributed by atoms with Gasteiger partial charge in [-0.3, -0.25) is 14.5 Å². The van der Waals surface area contributed by atoms with Crippen molar-refractivity contribution in [1.29, 1.82) is 0 Å². The van der Waals surface area contributed by atoms with Crippen molar-refractivity contribution in [3.05, 3.63) is 83.4 Å². The second kappa shape index (κ2) is 13.7. The Morgan fingerprint density at radius 2 is 1.83 bits per heavy atom. The number of aliphatic hydroxyl groups excluding tert-OH is 1. The van der Waals surface area contributed by atoms with E-state index >= 15 is 0 Å². The molecule has 0 bridgehead atoms. The van der Waals surface area contributed by atoms with E-state index in [4.69, 9.17) is 10.5 Å². The zero-order valence-electron chi connectivity index (χ0n) is 25.2. The number of aliphatic hydroxyl groups is 1. The summed E-state index contributed by atoms with van der Waals surface area (Å²) in [4.78, 5) is 32.1. The molecule has 0 fully saturated rings. The highest BCUT2D eigenvalue weighted by atomic mass is 16.5. The van der Waals surface area contributed by atoms with E-state index in [1.165, 1.54) is 0 Å². The number of carbonyl (C=O) groups excluding carboxylic acids is 2. The monoisotopic (exact) mass is 573 g/mol. The molecule has 1 heterocycles. The molecule has 0 saturated heterocycles. The summed E-state index contributed by atoms with van der Waals surface area (Å²) < 4.78 is 6.63. The van der Waals surface area contributed by atoms with E-state index in [2.05, 4.69) is 17.1 Å². The van der Waals surface area contributed by atoms with E-state index in [0.29, 0.717) is 42.3 Å². The first-order valence-corrected chi connectivity index (χ1v) is 14.4. The minimum Gasteiger partial charge on any atom is -0.488 e. The summed E-state index contributed by atoms with van der Waals surface area (Å²) in [6.45, 7) is 5.64. The third-order valence-electron chi connectivity index (χ3n) is 7.79. The van der Waals surface area contributed by atoms with Crippen LogP contribution in [0.3, 0.4) is 0 Å². The Kier molecular flexibility index (Phi) is 10.1. The minimum atomic E-state index is -0.286. The predicted octanol–water partition coefficient (Wildman–Crippen LogP) is 3.87. The van der Waals surface area contributed by atoms with Gasteiger partial charge in [-0.25, -0.2) is 0 Å². The number of hydrogen-bond acceptors (Lipinski definition) is 7. The van der Waals surface area contributed by atoms with Gasteiger partial charge in [0.15, 0.2) is 0 Å². The number of amides is 2. The summed E-state index contributed by atoms with van der Waals surface area (Å²) in [5, 5.41) is 12.7. The molecule has 2 amide bonds. The summed E-state index contributed by atoms with van der Waals surface area (Å²) >= 11 is 0. The smallest absolute Gasteiger partial charge is 0.255 e. The molecular weight excluding hydrogens is 530 g/mol. The molecule has 0 unspecified atom stereocenters. The van der Waals surface area contributed by atoms with E-state index in [9.17, 15) is 14.7 Å². The standard InChI is InChI=1S/C33H43N5O4/c1-22-18-38(23(2)21-39)32(40)17-26-16-27(36(3)4)14-15-30(26)42-31(22)20-37(5)19-24-10-12-25(13-11-24)33(41)35-29-9-7-6-8-28(29)34/h6-16,22-23,31,39H,17-21,34H2,1-5H3,(H,35,41)/t22-,23-,31+/m0/s1. The van der Waals surface area contributed by atoms with Crippen LogP contribution in [-0.4, -0.2) is 79.7 Å². The molecule has 0 aliphatic carbocycles. The van der Waals surface area contributed by atoms with Gasteiger partial charge in [-0.05, 0) is 62.0 Å². The van der Waals surface area contributed by atoms with Crippen molar-refractivity contribution < 1.29 is 19.4 Å². The van der Waals surface area contributed by atoms with Gasteiger partial charge in [-0.15, -0.1) is 0 Å². The highest BCUT2D eigenvalue weighted by Crippen LogP contribution is 2.30. The Labute approximate surface area is 248 Å². The zero-order valence-corrected chi connectivity index (χ0v) is 25.2. The first kappa shape index (κ1) is 30.9. The number of ether oxygens (including phenoxy) is 1. The third kappa shape index (κ3) is 7.60. The van der Waals surface area contributed by atoms with Gasteiger partial charge in [0.05, 0.1) is 30.4 Å². The van der Waals surface area contributed by atoms with Crippen LogP contribution >= 0.6 is 0 Å². The molecule has 42 heavy (non-hydrogen) atoms. The molecule has 1 aliphatic heterocycles. The number of nitrogens with one attached hydrogen (secondary N) is 1. The molecule has 4 N–H and O–H groups in total. The van der Waals surface area contributed by atoms with Crippen molar-refractivity contribution in [1.82, 2.24) is 9.80 Å². The quantitative estimate of drug-likeness (QED) is 0.333. The van der Waals surface area contributed by atoms with Crippen LogP contribution in [0.25, 0.3) is 0 Å². The van der Waals surface area contributed by atoms with Gasteiger partial charge in [0.1, 0.15) is 11.9 Å². The van der Waals surface area contributed by atoms with Crippen LogP contribution in [0.4, 0.5) is 17.1 Å². The highest BCUT2D eigenvalue weighted by molar-refractivity contribution is 6.05. The Bertz CT molecular complexity index is 1380. The fourth-order valence-corrected chi connectivity index (χ4v) is 5.16. The number of nitrogens with zero attached hydrogens (tertiary/aromatic N) is 3. The molecule has 9 heteroatoms. The second-order valence-corrected chi connectivity index (χ2v) is 11.5. The number of carbonyl (C=O) groups is 2. The molecule has 3 atom stereocenters. The van der Waals surface area contributed by atoms with Gasteiger partial charge < -0.3 is 30.7 Å². The first-order valence-electron chi connectivity index (χ1n) is 14.4. The number of benzene rings is 3. The van der Waals surface area contributed by atoms with E-state index in [0.717, 1.165) is 16.8 Å². The van der Waals surface area contributed by atoms with Crippen LogP contribution in [0.1, 0.15) is 35.3 Å². The lowest BCUT2D eigenvalue weighted by atomic mass is 10.0. The van der Waals surface area contributed by atoms with Crippen molar-refractivity contribution >= 4 is 28.9 Å². The van der Waals surface area contributed by atoms with Crippen LogP contribution < -0.4 is 20.7 Å². The van der Waals surface area contributed by atoms with Gasteiger partial charge in [0, 0.05) is 56.5 Å². The normalized spacial score (nSPS) is 17.9. The van der Waals surface area contributed by atoms with Gasteiger partial charge in [-0.2, -0.15) is 0 Å². The van der Waals surface area contributed by atoms with E-state index in [-0.39, 0.29) is 42.9 Å². The van der Waals surface area contributed by atoms with Crippen LogP contribution in [0.15, 0.2) is 66.7 Å². The predicted molar refractivity (Wildman–Crippen MR) is 168 cm³/mol. The fraction of sp³-hybridized carbons (Fsp3) is 0.394. The summed E-state index contributed by atoms with van der Waals surface area (Å²) in [6, 6.07) is 20.4. The number of likely N-dealkylation sites (N-methyl/N-ethyl adjacent to an activating group) is 1. The maximum absolute atomic E-state index is 13.4. The average Bonchev–Trinajstić information content (AvgIpc) is 3.01. The number of fused-ring (bicyclic) bond motifs is 1. The Morgan fingerprint density at radius 3 is 2.50 bits per heavy atom. The molecule has 0 saturated carbocycles. The second-order valence-electron chi connectivity index (χ2n) is 11.5. The van der Waals surface area contributed by atoms with Crippen molar-refractivity contribution in [3.63, 3.8) is 0 Å². The van der Waals surface area contributed by atoms with Crippen LogP contribution in [0, 0.1) is 5.92 Å². The first-order chi connectivity index (χ1) is 20.0. The van der Waals surface area contributed by atoms with Crippen molar-refractivity contribution in [2.45, 2.75) is 39.0 Å².